The highest BCUT2D eigenvalue weighted by atomic mass is 33.1. The molecule has 0 bridgehead atoms. The second kappa shape index (κ2) is 27.3. The number of benzene rings is 1. The van der Waals surface area contributed by atoms with E-state index in [4.69, 9.17) is 17.2 Å². The van der Waals surface area contributed by atoms with Crippen LogP contribution < -0.4 is 54.4 Å². The van der Waals surface area contributed by atoms with Gasteiger partial charge in [-0.3, -0.25) is 52.7 Å². The predicted octanol–water partition coefficient (Wildman–Crippen LogP) is -0.395. The third kappa shape index (κ3) is 19.4. The Bertz CT molecular complexity index is 2210. The lowest BCUT2D eigenvalue weighted by atomic mass is 9.85. The van der Waals surface area contributed by atoms with E-state index < -0.39 is 155 Å². The van der Waals surface area contributed by atoms with Crippen LogP contribution in [0, 0.1) is 17.3 Å². The molecule has 73 heavy (non-hydrogen) atoms. The van der Waals surface area contributed by atoms with Crippen molar-refractivity contribution < 1.29 is 57.8 Å². The van der Waals surface area contributed by atoms with Crippen molar-refractivity contribution in [2.75, 3.05) is 6.54 Å². The average molecular weight is 1060 g/mol. The number of phenolic OH excluding ortho intramolecular Hbond substituents is 1. The van der Waals surface area contributed by atoms with Gasteiger partial charge in [-0.2, -0.15) is 0 Å². The quantitative estimate of drug-likeness (QED) is 0.0886. The Morgan fingerprint density at radius 3 is 1.97 bits per heavy atom. The Morgan fingerprint density at radius 1 is 0.808 bits per heavy atom. The lowest BCUT2D eigenvalue weighted by Gasteiger charge is -2.40. The first-order chi connectivity index (χ1) is 33.9. The molecule has 1 unspecified atom stereocenters. The number of likely N-dealkylation sites (tertiary alicyclic amines) is 1. The first-order valence-corrected chi connectivity index (χ1v) is 26.5. The van der Waals surface area contributed by atoms with Crippen LogP contribution in [0.25, 0.3) is 0 Å². The third-order valence-corrected chi connectivity index (χ3v) is 15.8. The van der Waals surface area contributed by atoms with E-state index in [1.807, 2.05) is 34.6 Å². The van der Waals surface area contributed by atoms with Gasteiger partial charge in [0.2, 0.25) is 59.1 Å². The Kier molecular flexibility index (Phi) is 22.8. The van der Waals surface area contributed by atoms with Gasteiger partial charge in [-0.05, 0) is 74.5 Å². The van der Waals surface area contributed by atoms with Crippen molar-refractivity contribution in [2.45, 2.75) is 173 Å². The molecular formula is C48H75N11O12S2. The van der Waals surface area contributed by atoms with Crippen molar-refractivity contribution in [3.63, 3.8) is 0 Å². The minimum absolute atomic E-state index is 0.0400. The number of carbonyl (C=O) groups excluding carboxylic acids is 11. The zero-order valence-corrected chi connectivity index (χ0v) is 44.7. The van der Waals surface area contributed by atoms with Crippen molar-refractivity contribution in [3.8, 4) is 5.75 Å². The van der Waals surface area contributed by atoms with Gasteiger partial charge in [-0.1, -0.05) is 88.6 Å². The summed E-state index contributed by atoms with van der Waals surface area (Å²) in [6.45, 7) is 15.5. The minimum atomic E-state index is -1.78. The maximum atomic E-state index is 15.3. The van der Waals surface area contributed by atoms with E-state index in [1.54, 1.807) is 39.8 Å². The summed E-state index contributed by atoms with van der Waals surface area (Å²) in [5.74, 6) is -9.92. The van der Waals surface area contributed by atoms with Crippen molar-refractivity contribution >= 4 is 86.6 Å². The molecular weight excluding hydrogens is 987 g/mol. The first-order valence-electron chi connectivity index (χ1n) is 24.3. The molecule has 1 aromatic rings. The van der Waals surface area contributed by atoms with Crippen LogP contribution in [0.15, 0.2) is 24.3 Å². The summed E-state index contributed by atoms with van der Waals surface area (Å²) in [6, 6.07) is -2.98. The molecule has 0 spiro atoms. The Morgan fingerprint density at radius 2 is 1.41 bits per heavy atom. The van der Waals surface area contributed by atoms with E-state index in [0.29, 0.717) is 18.4 Å². The normalized spacial score (nSPS) is 24.4. The van der Waals surface area contributed by atoms with Gasteiger partial charge >= 0.3 is 0 Å². The number of carbonyl (C=O) groups is 11. The number of nitrogens with one attached hydrogen (secondary N) is 7. The highest BCUT2D eigenvalue weighted by molar-refractivity contribution is 8.77. The van der Waals surface area contributed by atoms with Crippen LogP contribution in [0.1, 0.15) is 119 Å². The molecule has 25 heteroatoms. The summed E-state index contributed by atoms with van der Waals surface area (Å²) in [5.41, 5.74) is 16.2. The molecule has 0 aliphatic carbocycles. The lowest BCUT2D eigenvalue weighted by molar-refractivity contribution is -0.144. The summed E-state index contributed by atoms with van der Waals surface area (Å²) in [6.07, 6.45) is -1.02. The van der Waals surface area contributed by atoms with Gasteiger partial charge in [-0.15, -0.1) is 0 Å². The molecule has 0 radical (unpaired) electrons. The number of rotatable bonds is 17. The SMILES string of the molecule is CC[C@H](C)[C@@H]1NC(=O)[C@H](Cc2ccc(O)cc2)NC(=O)CC(C)(C)SS[C@@H](C(=O)N2C(C(C)(C)C)CC[C@H]2C(=O)N[C@@H](CC(C)C)C(=O)NCC(N)=O)NC(=O)[C@H](CC(N)=O)NC(=O)[C@H](CCC(N)=O)NC1=O. The molecule has 3 rings (SSSR count). The van der Waals surface area contributed by atoms with Gasteiger partial charge in [0.05, 0.1) is 13.0 Å². The van der Waals surface area contributed by atoms with Gasteiger partial charge in [-0.25, -0.2) is 0 Å². The van der Waals surface area contributed by atoms with E-state index in [2.05, 4.69) is 37.2 Å². The molecule has 2 heterocycles. The van der Waals surface area contributed by atoms with Crippen LogP contribution in [-0.4, -0.2) is 134 Å². The van der Waals surface area contributed by atoms with Gasteiger partial charge in [0.1, 0.15) is 42.0 Å². The van der Waals surface area contributed by atoms with Crippen LogP contribution in [0.2, 0.25) is 0 Å². The van der Waals surface area contributed by atoms with E-state index in [9.17, 15) is 53.1 Å². The molecule has 0 saturated carbocycles. The van der Waals surface area contributed by atoms with Gasteiger partial charge in [0, 0.05) is 30.1 Å². The van der Waals surface area contributed by atoms with Crippen LogP contribution in [0.3, 0.4) is 0 Å². The fourth-order valence-electron chi connectivity index (χ4n) is 8.36. The second-order valence-corrected chi connectivity index (χ2v) is 23.8. The first kappa shape index (κ1) is 61.2. The number of phenols is 1. The summed E-state index contributed by atoms with van der Waals surface area (Å²) < 4.78 is -1.08. The zero-order chi connectivity index (χ0) is 55.1. The molecule has 406 valence electrons. The maximum Gasteiger partial charge on any atom is 0.257 e. The van der Waals surface area contributed by atoms with E-state index in [1.165, 1.54) is 17.0 Å². The van der Waals surface area contributed by atoms with Crippen molar-refractivity contribution in [1.29, 1.82) is 0 Å². The summed E-state index contributed by atoms with van der Waals surface area (Å²) >= 11 is 0. The maximum absolute atomic E-state index is 15.3. The molecule has 11 amide bonds. The van der Waals surface area contributed by atoms with Crippen molar-refractivity contribution in [3.05, 3.63) is 29.8 Å². The standard InChI is InChI=1S/C48H75N11O12S2/c1-10-25(4)38-44(70)54-28(15-18-34(49)61)40(66)55-31(21-35(50)62)42(68)58-45(72-73-48(8,9)22-37(64)53-30(41(67)57-38)20-26-11-13-27(60)14-12-26)46(71)59-32(16-17-33(59)47(5,6)7)43(69)56-29(19-24(2)3)39(65)52-23-36(51)63/h11-14,24-25,28-33,38,45,60H,10,15-23H2,1-9H3,(H2,49,61)(H2,50,62)(H2,51,63)(H,52,65)(H,53,64)(H,54,70)(H,55,66)(H,56,69)(H,57,67)(H,58,68)/t25-,28-,29-,30-,31-,32-,33?,38-,45-/m0/s1. The molecule has 1 aromatic carbocycles. The third-order valence-electron chi connectivity index (χ3n) is 12.3. The van der Waals surface area contributed by atoms with Crippen LogP contribution in [0.4, 0.5) is 0 Å². The summed E-state index contributed by atoms with van der Waals surface area (Å²) in [5, 5.41) is 26.6. The number of amides is 11. The number of hydrogen-bond donors (Lipinski definition) is 11. The van der Waals surface area contributed by atoms with Crippen LogP contribution >= 0.6 is 21.6 Å². The van der Waals surface area contributed by atoms with Crippen LogP contribution in [0.5, 0.6) is 5.75 Å². The Balaban J connectivity index is 2.21. The van der Waals surface area contributed by atoms with Crippen LogP contribution in [-0.2, 0) is 59.2 Å². The highest BCUT2D eigenvalue weighted by Gasteiger charge is 2.49. The predicted molar refractivity (Wildman–Crippen MR) is 274 cm³/mol. The molecule has 14 N–H and O–H groups in total. The molecule has 2 saturated heterocycles. The van der Waals surface area contributed by atoms with Gasteiger partial charge in [0.25, 0.3) is 5.91 Å². The van der Waals surface area contributed by atoms with Crippen molar-refractivity contribution in [2.24, 2.45) is 34.5 Å². The average Bonchev–Trinajstić information content (AvgIpc) is 3.75. The Hall–Kier alpha value is -6.11. The summed E-state index contributed by atoms with van der Waals surface area (Å²) in [7, 11) is 1.83. The molecule has 23 nitrogen and oxygen atoms in total. The summed E-state index contributed by atoms with van der Waals surface area (Å²) in [4.78, 5) is 152. The smallest absolute Gasteiger partial charge is 0.257 e. The Labute approximate surface area is 434 Å². The van der Waals surface area contributed by atoms with E-state index >= 15 is 4.79 Å². The molecule has 2 fully saturated rings. The number of nitrogens with zero attached hydrogens (tertiary/aromatic N) is 1. The highest BCUT2D eigenvalue weighted by Crippen LogP contribution is 2.43. The number of nitrogens with two attached hydrogens (primary N) is 3. The number of hydrogen-bond acceptors (Lipinski definition) is 14. The lowest BCUT2D eigenvalue weighted by Crippen LogP contribution is -2.61. The molecule has 9 atom stereocenters. The van der Waals surface area contributed by atoms with Gasteiger partial charge < -0.3 is 64.4 Å². The fraction of sp³-hybridized carbons (Fsp3) is 0.646. The zero-order valence-electron chi connectivity index (χ0n) is 43.1. The van der Waals surface area contributed by atoms with Gasteiger partial charge in [0.15, 0.2) is 5.37 Å². The minimum Gasteiger partial charge on any atom is -0.508 e. The van der Waals surface area contributed by atoms with E-state index in [0.717, 1.165) is 21.6 Å². The second-order valence-electron chi connectivity index (χ2n) is 20.8. The van der Waals surface area contributed by atoms with Crippen molar-refractivity contribution in [1.82, 2.24) is 42.1 Å². The fourth-order valence-corrected chi connectivity index (χ4v) is 10.9. The number of aromatic hydroxyl groups is 1. The monoisotopic (exact) mass is 1060 g/mol. The topological polar surface area (TPSA) is 374 Å². The molecule has 2 aliphatic rings. The number of primary amides is 3. The van der Waals surface area contributed by atoms with E-state index in [-0.39, 0.29) is 37.4 Å². The molecule has 2 aliphatic heterocycles. The largest absolute Gasteiger partial charge is 0.508 e. The molecule has 0 aromatic heterocycles.